The molecule has 2 N–H and O–H groups in total. The Morgan fingerprint density at radius 3 is 2.07 bits per heavy atom. The molecular formula is C19H25F3N2O4. The van der Waals surface area contributed by atoms with Gasteiger partial charge in [0, 0.05) is 0 Å². The molecular weight excluding hydrogens is 377 g/mol. The summed E-state index contributed by atoms with van der Waals surface area (Å²) in [5.41, 5.74) is -3.16. The van der Waals surface area contributed by atoms with Crippen LogP contribution in [0, 0.1) is 5.41 Å². The van der Waals surface area contributed by atoms with Crippen LogP contribution >= 0.6 is 0 Å². The Morgan fingerprint density at radius 2 is 1.64 bits per heavy atom. The van der Waals surface area contributed by atoms with Gasteiger partial charge in [-0.3, -0.25) is 10.1 Å². The number of amides is 2. The van der Waals surface area contributed by atoms with Crippen molar-refractivity contribution in [1.29, 1.82) is 0 Å². The predicted molar refractivity (Wildman–Crippen MR) is 98.1 cm³/mol. The fraction of sp³-hybridized carbons (Fsp3) is 0.526. The first kappa shape index (κ1) is 23.5. The number of carbonyl (C=O) groups excluding carboxylic acids is 3. The Labute approximate surface area is 161 Å². The van der Waals surface area contributed by atoms with Gasteiger partial charge in [-0.25, -0.2) is 4.79 Å². The zero-order valence-corrected chi connectivity index (χ0v) is 16.7. The highest BCUT2D eigenvalue weighted by atomic mass is 19.4. The summed E-state index contributed by atoms with van der Waals surface area (Å²) in [6.45, 7) is 9.93. The third-order valence-corrected chi connectivity index (χ3v) is 3.58. The number of hydrogen-bond donors (Lipinski definition) is 2. The van der Waals surface area contributed by atoms with Crippen LogP contribution in [-0.2, 0) is 15.7 Å². The third kappa shape index (κ3) is 6.86. The summed E-state index contributed by atoms with van der Waals surface area (Å²) >= 11 is 0. The maximum Gasteiger partial charge on any atom is 0.416 e. The Kier molecular flexibility index (Phi) is 6.87. The van der Waals surface area contributed by atoms with Crippen molar-refractivity contribution >= 4 is 24.0 Å². The molecule has 0 aliphatic rings. The zero-order chi connectivity index (χ0) is 21.9. The summed E-state index contributed by atoms with van der Waals surface area (Å²) in [6, 6.07) is 1.38. The zero-order valence-electron chi connectivity index (χ0n) is 16.7. The molecule has 0 radical (unpaired) electrons. The van der Waals surface area contributed by atoms with Crippen LogP contribution in [0.3, 0.4) is 0 Å². The van der Waals surface area contributed by atoms with Crippen LogP contribution in [0.1, 0.15) is 57.5 Å². The van der Waals surface area contributed by atoms with E-state index in [-0.39, 0.29) is 5.69 Å². The fourth-order valence-corrected chi connectivity index (χ4v) is 2.10. The van der Waals surface area contributed by atoms with Gasteiger partial charge in [-0.2, -0.15) is 13.2 Å². The molecule has 1 rings (SSSR count). The minimum absolute atomic E-state index is 0.168. The van der Waals surface area contributed by atoms with Gasteiger partial charge in [0.1, 0.15) is 11.9 Å². The normalized spacial score (nSPS) is 13.5. The average molecular weight is 402 g/mol. The molecule has 0 bridgehead atoms. The third-order valence-electron chi connectivity index (χ3n) is 3.58. The molecule has 6 nitrogen and oxygen atoms in total. The van der Waals surface area contributed by atoms with Crippen molar-refractivity contribution in [3.05, 3.63) is 29.3 Å². The first-order valence-electron chi connectivity index (χ1n) is 8.52. The van der Waals surface area contributed by atoms with Crippen molar-refractivity contribution in [3.63, 3.8) is 0 Å². The second-order valence-electron chi connectivity index (χ2n) is 8.34. The highest BCUT2D eigenvalue weighted by Gasteiger charge is 2.33. The molecule has 156 valence electrons. The van der Waals surface area contributed by atoms with Crippen molar-refractivity contribution in [2.75, 3.05) is 5.32 Å². The number of hydrogen-bond acceptors (Lipinski definition) is 4. The van der Waals surface area contributed by atoms with E-state index in [4.69, 9.17) is 4.74 Å². The lowest BCUT2D eigenvalue weighted by molar-refractivity contribution is -0.137. The molecule has 0 aromatic heterocycles. The van der Waals surface area contributed by atoms with Gasteiger partial charge in [-0.15, -0.1) is 0 Å². The first-order chi connectivity index (χ1) is 12.5. The number of rotatable bonds is 4. The largest absolute Gasteiger partial charge is 0.444 e. The van der Waals surface area contributed by atoms with Crippen LogP contribution in [0.2, 0.25) is 0 Å². The standard InChI is InChI=1S/C19H25F3N2O4/c1-17(2,3)14(10-25)24-15(26)12-9-11(19(20,21)22)7-8-13(12)23-16(27)28-18(4,5)6/h7-10,14H,1-6H3,(H,23,27)(H,24,26). The van der Waals surface area contributed by atoms with Gasteiger partial charge in [0.05, 0.1) is 22.9 Å². The van der Waals surface area contributed by atoms with Crippen LogP contribution in [0.5, 0.6) is 0 Å². The Balaban J connectivity index is 3.29. The SMILES string of the molecule is CC(C)(C)OC(=O)Nc1ccc(C(F)(F)F)cc1C(=O)NC(C=O)C(C)(C)C. The molecule has 1 aromatic carbocycles. The van der Waals surface area contributed by atoms with E-state index in [1.165, 1.54) is 0 Å². The number of nitrogens with one attached hydrogen (secondary N) is 2. The molecule has 1 aromatic rings. The summed E-state index contributed by atoms with van der Waals surface area (Å²) in [4.78, 5) is 35.9. The molecule has 0 aliphatic heterocycles. The molecule has 28 heavy (non-hydrogen) atoms. The molecule has 0 fully saturated rings. The molecule has 0 heterocycles. The molecule has 0 saturated carbocycles. The quantitative estimate of drug-likeness (QED) is 0.732. The maximum atomic E-state index is 13.1. The van der Waals surface area contributed by atoms with E-state index in [1.54, 1.807) is 41.5 Å². The number of carbonyl (C=O) groups is 3. The van der Waals surface area contributed by atoms with Crippen LogP contribution in [-0.4, -0.2) is 29.9 Å². The summed E-state index contributed by atoms with van der Waals surface area (Å²) in [6.07, 6.45) is -5.11. The molecule has 9 heteroatoms. The van der Waals surface area contributed by atoms with E-state index >= 15 is 0 Å². The Morgan fingerprint density at radius 1 is 1.07 bits per heavy atom. The first-order valence-corrected chi connectivity index (χ1v) is 8.52. The van der Waals surface area contributed by atoms with Crippen molar-refractivity contribution in [2.24, 2.45) is 5.41 Å². The van der Waals surface area contributed by atoms with Gasteiger partial charge in [0.15, 0.2) is 0 Å². The monoisotopic (exact) mass is 402 g/mol. The van der Waals surface area contributed by atoms with E-state index in [0.717, 1.165) is 12.1 Å². The summed E-state index contributed by atoms with van der Waals surface area (Å²) in [7, 11) is 0. The van der Waals surface area contributed by atoms with Crippen molar-refractivity contribution in [1.82, 2.24) is 5.32 Å². The van der Waals surface area contributed by atoms with Crippen molar-refractivity contribution in [2.45, 2.75) is 59.4 Å². The number of aldehydes is 1. The predicted octanol–water partition coefficient (Wildman–Crippen LogP) is 4.40. The van der Waals surface area contributed by atoms with E-state index < -0.39 is 46.4 Å². The molecule has 1 atom stereocenters. The van der Waals surface area contributed by atoms with Crippen LogP contribution in [0.4, 0.5) is 23.7 Å². The number of ether oxygens (including phenoxy) is 1. The highest BCUT2D eigenvalue weighted by Crippen LogP contribution is 2.32. The lowest BCUT2D eigenvalue weighted by Crippen LogP contribution is -2.45. The lowest BCUT2D eigenvalue weighted by Gasteiger charge is -2.27. The number of benzene rings is 1. The molecule has 2 amide bonds. The number of halogens is 3. The van der Waals surface area contributed by atoms with E-state index in [9.17, 15) is 27.6 Å². The van der Waals surface area contributed by atoms with Gasteiger partial charge in [-0.05, 0) is 44.4 Å². The maximum absolute atomic E-state index is 13.1. The Hall–Kier alpha value is -2.58. The Bertz CT molecular complexity index is 747. The molecule has 0 spiro atoms. The summed E-state index contributed by atoms with van der Waals surface area (Å²) in [5, 5.41) is 4.68. The van der Waals surface area contributed by atoms with Gasteiger partial charge in [0.25, 0.3) is 5.91 Å². The van der Waals surface area contributed by atoms with Gasteiger partial charge in [-0.1, -0.05) is 20.8 Å². The van der Waals surface area contributed by atoms with Crippen molar-refractivity contribution in [3.8, 4) is 0 Å². The number of anilines is 1. The minimum Gasteiger partial charge on any atom is -0.444 e. The lowest BCUT2D eigenvalue weighted by atomic mass is 9.87. The van der Waals surface area contributed by atoms with Gasteiger partial charge < -0.3 is 14.8 Å². The minimum atomic E-state index is -4.69. The van der Waals surface area contributed by atoms with Crippen molar-refractivity contribution < 1.29 is 32.3 Å². The van der Waals surface area contributed by atoms with Crippen LogP contribution in [0.25, 0.3) is 0 Å². The fourth-order valence-electron chi connectivity index (χ4n) is 2.10. The van der Waals surface area contributed by atoms with Crippen LogP contribution < -0.4 is 10.6 Å². The summed E-state index contributed by atoms with van der Waals surface area (Å²) in [5.74, 6) is -0.927. The number of alkyl halides is 3. The topological polar surface area (TPSA) is 84.5 Å². The van der Waals surface area contributed by atoms with E-state index in [0.29, 0.717) is 12.4 Å². The van der Waals surface area contributed by atoms with E-state index in [2.05, 4.69) is 10.6 Å². The van der Waals surface area contributed by atoms with Gasteiger partial charge in [0.2, 0.25) is 0 Å². The second kappa shape index (κ2) is 8.20. The smallest absolute Gasteiger partial charge is 0.416 e. The molecule has 0 saturated heterocycles. The summed E-state index contributed by atoms with van der Waals surface area (Å²) < 4.78 is 44.3. The average Bonchev–Trinajstić information content (AvgIpc) is 2.48. The molecule has 0 aliphatic carbocycles. The molecule has 1 unspecified atom stereocenters. The second-order valence-corrected chi connectivity index (χ2v) is 8.34. The highest BCUT2D eigenvalue weighted by molar-refractivity contribution is 6.03. The van der Waals surface area contributed by atoms with Crippen LogP contribution in [0.15, 0.2) is 18.2 Å². The van der Waals surface area contributed by atoms with Gasteiger partial charge >= 0.3 is 12.3 Å². The van der Waals surface area contributed by atoms with E-state index in [1.807, 2.05) is 0 Å².